The molecule has 0 aliphatic carbocycles. The van der Waals surface area contributed by atoms with Crippen LogP contribution in [0.2, 0.25) is 0 Å². The Hall–Kier alpha value is -1.10. The topological polar surface area (TPSA) is 77.0 Å². The Morgan fingerprint density at radius 1 is 1.67 bits per heavy atom. The molecule has 0 aromatic carbocycles. The van der Waals surface area contributed by atoms with E-state index in [1.165, 1.54) is 4.68 Å². The summed E-state index contributed by atoms with van der Waals surface area (Å²) in [5.41, 5.74) is 5.54. The van der Waals surface area contributed by atoms with Crippen molar-refractivity contribution in [2.45, 2.75) is 32.9 Å². The molecule has 0 spiro atoms. The second-order valence-electron chi connectivity index (χ2n) is 2.77. The van der Waals surface area contributed by atoms with Crippen LogP contribution in [-0.4, -0.2) is 26.0 Å². The number of aromatic nitrogens is 3. The van der Waals surface area contributed by atoms with E-state index in [-0.39, 0.29) is 0 Å². The number of aliphatic hydroxyl groups is 1. The molecule has 0 aliphatic rings. The molecule has 0 bridgehead atoms. The number of nitrogens with two attached hydrogens (primary N) is 1. The first kappa shape index (κ1) is 8.99. The van der Waals surface area contributed by atoms with Crippen molar-refractivity contribution in [3.8, 4) is 0 Å². The van der Waals surface area contributed by atoms with Crippen LogP contribution in [-0.2, 0) is 13.0 Å². The Bertz CT molecular complexity index is 256. The molecule has 1 unspecified atom stereocenters. The van der Waals surface area contributed by atoms with E-state index in [4.69, 9.17) is 10.8 Å². The van der Waals surface area contributed by atoms with Crippen LogP contribution in [0.5, 0.6) is 0 Å². The molecule has 0 aliphatic heterocycles. The molecule has 0 saturated carbocycles. The molecule has 1 aromatic heterocycles. The molecule has 1 heterocycles. The zero-order valence-corrected chi connectivity index (χ0v) is 7.36. The smallest absolute Gasteiger partial charge is 0.218 e. The lowest BCUT2D eigenvalue weighted by molar-refractivity contribution is 0.169. The zero-order chi connectivity index (χ0) is 9.14. The fourth-order valence-corrected chi connectivity index (χ4v) is 0.937. The average Bonchev–Trinajstić information content (AvgIpc) is 2.31. The highest BCUT2D eigenvalue weighted by Gasteiger charge is 2.06. The van der Waals surface area contributed by atoms with Crippen molar-refractivity contribution in [3.05, 3.63) is 5.82 Å². The Kier molecular flexibility index (Phi) is 2.65. The minimum absolute atomic E-state index is 0.368. The van der Waals surface area contributed by atoms with E-state index in [1.807, 2.05) is 6.92 Å². The molecule has 0 radical (unpaired) electrons. The van der Waals surface area contributed by atoms with Crippen LogP contribution in [0.15, 0.2) is 0 Å². The molecule has 12 heavy (non-hydrogen) atoms. The molecule has 1 aromatic rings. The van der Waals surface area contributed by atoms with E-state index in [2.05, 4.69) is 10.1 Å². The number of nitrogen functional groups attached to an aromatic ring is 1. The molecule has 1 rings (SSSR count). The number of hydrogen-bond donors (Lipinski definition) is 2. The van der Waals surface area contributed by atoms with Gasteiger partial charge < -0.3 is 10.8 Å². The molecule has 5 nitrogen and oxygen atoms in total. The van der Waals surface area contributed by atoms with Crippen LogP contribution < -0.4 is 5.73 Å². The first-order chi connectivity index (χ1) is 5.63. The second-order valence-corrected chi connectivity index (χ2v) is 2.77. The highest BCUT2D eigenvalue weighted by atomic mass is 16.3. The lowest BCUT2D eigenvalue weighted by atomic mass is 10.4. The van der Waals surface area contributed by atoms with Crippen LogP contribution in [0, 0.1) is 0 Å². The minimum atomic E-state index is -0.446. The molecule has 1 atom stereocenters. The van der Waals surface area contributed by atoms with Gasteiger partial charge in [-0.25, -0.2) is 4.68 Å². The molecule has 68 valence electrons. The SMILES string of the molecule is CCc1nc(N)n(CC(C)O)n1. The summed E-state index contributed by atoms with van der Waals surface area (Å²) in [5, 5.41) is 13.2. The summed E-state index contributed by atoms with van der Waals surface area (Å²) in [4.78, 5) is 4.00. The van der Waals surface area contributed by atoms with E-state index < -0.39 is 6.10 Å². The number of aliphatic hydroxyl groups excluding tert-OH is 1. The maximum Gasteiger partial charge on any atom is 0.218 e. The fourth-order valence-electron chi connectivity index (χ4n) is 0.937. The molecule has 3 N–H and O–H groups in total. The third-order valence-electron chi connectivity index (χ3n) is 1.50. The first-order valence-electron chi connectivity index (χ1n) is 4.00. The second kappa shape index (κ2) is 3.53. The number of hydrogen-bond acceptors (Lipinski definition) is 4. The minimum Gasteiger partial charge on any atom is -0.391 e. The summed E-state index contributed by atoms with van der Waals surface area (Å²) in [6, 6.07) is 0. The quantitative estimate of drug-likeness (QED) is 0.658. The standard InChI is InChI=1S/C7H14N4O/c1-3-6-9-7(8)11(10-6)4-5(2)12/h5,12H,3-4H2,1-2H3,(H2,8,9,10). The summed E-state index contributed by atoms with van der Waals surface area (Å²) in [5.74, 6) is 1.08. The normalized spacial score (nSPS) is 13.2. The van der Waals surface area contributed by atoms with Crippen molar-refractivity contribution < 1.29 is 5.11 Å². The fraction of sp³-hybridized carbons (Fsp3) is 0.714. The van der Waals surface area contributed by atoms with Crippen LogP contribution in [0.4, 0.5) is 5.95 Å². The van der Waals surface area contributed by atoms with Crippen LogP contribution in [0.25, 0.3) is 0 Å². The van der Waals surface area contributed by atoms with Gasteiger partial charge in [-0.15, -0.1) is 0 Å². The third kappa shape index (κ3) is 1.94. The van der Waals surface area contributed by atoms with E-state index in [9.17, 15) is 0 Å². The average molecular weight is 170 g/mol. The van der Waals surface area contributed by atoms with E-state index in [0.717, 1.165) is 6.42 Å². The van der Waals surface area contributed by atoms with Crippen molar-refractivity contribution >= 4 is 5.95 Å². The molecular formula is C7H14N4O. The largest absolute Gasteiger partial charge is 0.391 e. The Morgan fingerprint density at radius 3 is 2.75 bits per heavy atom. The third-order valence-corrected chi connectivity index (χ3v) is 1.50. The van der Waals surface area contributed by atoms with E-state index >= 15 is 0 Å². The van der Waals surface area contributed by atoms with Gasteiger partial charge in [0.05, 0.1) is 12.6 Å². The van der Waals surface area contributed by atoms with Crippen LogP contribution >= 0.6 is 0 Å². The van der Waals surface area contributed by atoms with Gasteiger partial charge in [-0.05, 0) is 6.92 Å². The predicted molar refractivity (Wildman–Crippen MR) is 45.5 cm³/mol. The Morgan fingerprint density at radius 2 is 2.33 bits per heavy atom. The number of rotatable bonds is 3. The number of nitrogens with zero attached hydrogens (tertiary/aromatic N) is 3. The van der Waals surface area contributed by atoms with Gasteiger partial charge in [0.1, 0.15) is 0 Å². The molecular weight excluding hydrogens is 156 g/mol. The van der Waals surface area contributed by atoms with Gasteiger partial charge in [-0.3, -0.25) is 0 Å². The van der Waals surface area contributed by atoms with Gasteiger partial charge in [-0.2, -0.15) is 10.1 Å². The highest BCUT2D eigenvalue weighted by Crippen LogP contribution is 2.01. The van der Waals surface area contributed by atoms with Crippen LogP contribution in [0.3, 0.4) is 0 Å². The monoisotopic (exact) mass is 170 g/mol. The van der Waals surface area contributed by atoms with Crippen molar-refractivity contribution in [1.82, 2.24) is 14.8 Å². The highest BCUT2D eigenvalue weighted by molar-refractivity contribution is 5.15. The zero-order valence-electron chi connectivity index (χ0n) is 7.36. The van der Waals surface area contributed by atoms with Gasteiger partial charge in [0.2, 0.25) is 5.95 Å². The van der Waals surface area contributed by atoms with Gasteiger partial charge >= 0.3 is 0 Å². The summed E-state index contributed by atoms with van der Waals surface area (Å²) < 4.78 is 1.52. The molecule has 5 heteroatoms. The predicted octanol–water partition coefficient (Wildman–Crippen LogP) is -0.197. The maximum absolute atomic E-state index is 9.07. The first-order valence-corrected chi connectivity index (χ1v) is 4.00. The molecule has 0 saturated heterocycles. The lowest BCUT2D eigenvalue weighted by Gasteiger charge is -2.03. The summed E-state index contributed by atoms with van der Waals surface area (Å²) in [6.07, 6.45) is 0.315. The van der Waals surface area contributed by atoms with Gasteiger partial charge in [-0.1, -0.05) is 6.92 Å². The summed E-state index contributed by atoms with van der Waals surface area (Å²) >= 11 is 0. The summed E-state index contributed by atoms with van der Waals surface area (Å²) in [6.45, 7) is 4.05. The molecule has 0 amide bonds. The van der Waals surface area contributed by atoms with Crippen molar-refractivity contribution in [2.75, 3.05) is 5.73 Å². The van der Waals surface area contributed by atoms with Crippen molar-refractivity contribution in [1.29, 1.82) is 0 Å². The van der Waals surface area contributed by atoms with E-state index in [1.54, 1.807) is 6.92 Å². The van der Waals surface area contributed by atoms with Crippen molar-refractivity contribution in [2.24, 2.45) is 0 Å². The Balaban J connectivity index is 2.77. The number of anilines is 1. The molecule has 0 fully saturated rings. The van der Waals surface area contributed by atoms with Crippen LogP contribution in [0.1, 0.15) is 19.7 Å². The van der Waals surface area contributed by atoms with Gasteiger partial charge in [0.15, 0.2) is 5.82 Å². The number of aryl methyl sites for hydroxylation is 1. The summed E-state index contributed by atoms with van der Waals surface area (Å²) in [7, 11) is 0. The van der Waals surface area contributed by atoms with Gasteiger partial charge in [0, 0.05) is 6.42 Å². The maximum atomic E-state index is 9.07. The van der Waals surface area contributed by atoms with Gasteiger partial charge in [0.25, 0.3) is 0 Å². The van der Waals surface area contributed by atoms with Crippen molar-refractivity contribution in [3.63, 3.8) is 0 Å². The Labute approximate surface area is 71.2 Å². The van der Waals surface area contributed by atoms with E-state index in [0.29, 0.717) is 18.3 Å². The lowest BCUT2D eigenvalue weighted by Crippen LogP contribution is -2.15.